The van der Waals surface area contributed by atoms with Crippen LogP contribution in [0.3, 0.4) is 0 Å². The average Bonchev–Trinajstić information content (AvgIpc) is 2.81. The number of amides is 1. The molecule has 34 heavy (non-hydrogen) atoms. The molecule has 1 amide bonds. The van der Waals surface area contributed by atoms with Crippen LogP contribution in [0, 0.1) is 0 Å². The van der Waals surface area contributed by atoms with Gasteiger partial charge >= 0.3 is 12.1 Å². The van der Waals surface area contributed by atoms with Crippen LogP contribution in [0.4, 0.5) is 23.2 Å². The minimum Gasteiger partial charge on any atom is -0.487 e. The van der Waals surface area contributed by atoms with Crippen LogP contribution in [0.25, 0.3) is 0 Å². The van der Waals surface area contributed by atoms with E-state index in [-0.39, 0.29) is 19.1 Å². The number of halogens is 4. The molecule has 0 fully saturated rings. The summed E-state index contributed by atoms with van der Waals surface area (Å²) in [6.07, 6.45) is -4.65. The lowest BCUT2D eigenvalue weighted by atomic mass is 10.2. The van der Waals surface area contributed by atoms with Crippen molar-refractivity contribution in [2.75, 3.05) is 38.8 Å². The van der Waals surface area contributed by atoms with E-state index in [0.717, 1.165) is 0 Å². The molecular weight excluding hydrogens is 464 g/mol. The maximum absolute atomic E-state index is 12.7. The molecule has 0 aliphatic rings. The molecule has 0 aliphatic carbocycles. The molecule has 0 atom stereocenters. The molecule has 0 aliphatic heterocycles. The number of methoxy groups -OCH3 is 1. The Morgan fingerprint density at radius 2 is 1.71 bits per heavy atom. The van der Waals surface area contributed by atoms with Gasteiger partial charge in [0.15, 0.2) is 11.5 Å². The highest BCUT2D eigenvalue weighted by Gasteiger charge is 2.38. The summed E-state index contributed by atoms with van der Waals surface area (Å²) in [5, 5.41) is 9.93. The first-order valence-corrected chi connectivity index (χ1v) is 9.65. The van der Waals surface area contributed by atoms with E-state index in [1.54, 1.807) is 49.6 Å². The van der Waals surface area contributed by atoms with E-state index < -0.39 is 12.1 Å². The predicted molar refractivity (Wildman–Crippen MR) is 116 cm³/mol. The predicted octanol–water partition coefficient (Wildman–Crippen LogP) is 3.79. The van der Waals surface area contributed by atoms with Crippen LogP contribution in [-0.2, 0) is 9.53 Å². The summed E-state index contributed by atoms with van der Waals surface area (Å²) in [6, 6.07) is 13.8. The summed E-state index contributed by atoms with van der Waals surface area (Å²) < 4.78 is 60.6. The van der Waals surface area contributed by atoms with E-state index in [0.29, 0.717) is 47.9 Å². The third-order valence-electron chi connectivity index (χ3n) is 3.85. The summed E-state index contributed by atoms with van der Waals surface area (Å²) in [5.74, 6) is -2.17. The van der Waals surface area contributed by atoms with Crippen LogP contribution < -0.4 is 20.5 Å². The highest BCUT2D eigenvalue weighted by atomic mass is 19.4. The Kier molecular flexibility index (Phi) is 12.1. The molecule has 0 radical (unpaired) electrons. The molecule has 2 rings (SSSR count). The molecule has 0 aromatic heterocycles. The number of anilines is 1. The maximum Gasteiger partial charge on any atom is 0.490 e. The Morgan fingerprint density at radius 1 is 1.06 bits per heavy atom. The Balaban J connectivity index is 0.000000718. The number of hydrogen-bond acceptors (Lipinski definition) is 6. The molecule has 0 saturated carbocycles. The smallest absolute Gasteiger partial charge is 0.487 e. The van der Waals surface area contributed by atoms with Gasteiger partial charge in [-0.3, -0.25) is 4.79 Å². The van der Waals surface area contributed by atoms with Gasteiger partial charge in [-0.1, -0.05) is 18.2 Å². The van der Waals surface area contributed by atoms with E-state index >= 15 is 0 Å². The minimum atomic E-state index is -5.08. The largest absolute Gasteiger partial charge is 0.490 e. The Labute approximate surface area is 192 Å². The van der Waals surface area contributed by atoms with Gasteiger partial charge in [-0.2, -0.15) is 13.2 Å². The molecule has 2 aromatic rings. The number of rotatable bonds is 10. The van der Waals surface area contributed by atoms with Crippen molar-refractivity contribution in [2.45, 2.75) is 6.18 Å². The van der Waals surface area contributed by atoms with E-state index in [4.69, 9.17) is 29.8 Å². The summed E-state index contributed by atoms with van der Waals surface area (Å²) in [5.41, 5.74) is 6.84. The lowest BCUT2D eigenvalue weighted by Crippen LogP contribution is -2.21. The molecule has 12 heteroatoms. The standard InChI is InChI=1S/C20H23FN2O4.C2HF3O2/c1-25-9-10-26-19-11-17(23-20(24)16-5-3-2-4-6-16)7-8-18(19)27-14-15(12-21)13-22;3-2(4,5)1(6)7/h2-8,11-12H,9-10,13-14,22H2,1H3,(H,23,24);(H,6,7)/b15-12+;. The normalized spacial score (nSPS) is 11.2. The van der Waals surface area contributed by atoms with Crippen molar-refractivity contribution in [3.05, 3.63) is 66.0 Å². The van der Waals surface area contributed by atoms with Gasteiger partial charge in [0.1, 0.15) is 13.2 Å². The van der Waals surface area contributed by atoms with E-state index in [2.05, 4.69) is 5.32 Å². The van der Waals surface area contributed by atoms with Crippen molar-refractivity contribution in [2.24, 2.45) is 5.73 Å². The van der Waals surface area contributed by atoms with Gasteiger partial charge in [-0.25, -0.2) is 9.18 Å². The van der Waals surface area contributed by atoms with Crippen LogP contribution in [0.2, 0.25) is 0 Å². The third-order valence-corrected chi connectivity index (χ3v) is 3.85. The van der Waals surface area contributed by atoms with Gasteiger partial charge in [0.25, 0.3) is 5.91 Å². The van der Waals surface area contributed by atoms with Crippen molar-refractivity contribution in [3.8, 4) is 11.5 Å². The maximum atomic E-state index is 12.7. The molecule has 0 bridgehead atoms. The second-order valence-electron chi connectivity index (χ2n) is 6.39. The van der Waals surface area contributed by atoms with Crippen molar-refractivity contribution >= 4 is 17.6 Å². The molecule has 0 heterocycles. The van der Waals surface area contributed by atoms with E-state index in [1.165, 1.54) is 0 Å². The summed E-state index contributed by atoms with van der Waals surface area (Å²) in [7, 11) is 1.57. The highest BCUT2D eigenvalue weighted by molar-refractivity contribution is 6.04. The summed E-state index contributed by atoms with van der Waals surface area (Å²) in [6.45, 7) is 0.745. The third kappa shape index (κ3) is 10.3. The van der Waals surface area contributed by atoms with Crippen LogP contribution in [0.1, 0.15) is 10.4 Å². The number of aliphatic carboxylic acids is 1. The van der Waals surface area contributed by atoms with Crippen molar-refractivity contribution in [3.63, 3.8) is 0 Å². The van der Waals surface area contributed by atoms with Gasteiger partial charge in [0.05, 0.1) is 12.9 Å². The second kappa shape index (κ2) is 14.5. The zero-order valence-corrected chi connectivity index (χ0v) is 18.1. The van der Waals surface area contributed by atoms with Crippen molar-refractivity contribution in [1.29, 1.82) is 0 Å². The number of hydrogen-bond donors (Lipinski definition) is 3. The Morgan fingerprint density at radius 3 is 2.24 bits per heavy atom. The first-order valence-electron chi connectivity index (χ1n) is 9.65. The number of carboxylic acid groups (broad SMARTS) is 1. The molecule has 0 spiro atoms. The second-order valence-corrected chi connectivity index (χ2v) is 6.39. The lowest BCUT2D eigenvalue weighted by Gasteiger charge is -2.15. The van der Waals surface area contributed by atoms with Crippen LogP contribution in [-0.4, -0.2) is 56.6 Å². The molecular formula is C22H24F4N2O6. The number of carbonyl (C=O) groups excluding carboxylic acids is 1. The van der Waals surface area contributed by atoms with Crippen LogP contribution >= 0.6 is 0 Å². The van der Waals surface area contributed by atoms with Gasteiger partial charge in [-0.15, -0.1) is 0 Å². The van der Waals surface area contributed by atoms with Gasteiger partial charge in [-0.05, 0) is 24.3 Å². The van der Waals surface area contributed by atoms with E-state index in [1.807, 2.05) is 6.07 Å². The lowest BCUT2D eigenvalue weighted by molar-refractivity contribution is -0.192. The van der Waals surface area contributed by atoms with Crippen LogP contribution in [0.15, 0.2) is 60.4 Å². The summed E-state index contributed by atoms with van der Waals surface area (Å²) in [4.78, 5) is 21.2. The monoisotopic (exact) mass is 488 g/mol. The number of alkyl halides is 3. The SMILES string of the molecule is COCCOc1cc(NC(=O)c2ccccc2)ccc1OC/C(=C/F)CN.O=C(O)C(F)(F)F. The Bertz CT molecular complexity index is 952. The zero-order chi connectivity index (χ0) is 25.6. The van der Waals surface area contributed by atoms with E-state index in [9.17, 15) is 22.4 Å². The van der Waals surface area contributed by atoms with Gasteiger partial charge in [0, 0.05) is 36.5 Å². The first kappa shape index (κ1) is 28.4. The first-order chi connectivity index (χ1) is 16.1. The van der Waals surface area contributed by atoms with Crippen molar-refractivity contribution in [1.82, 2.24) is 0 Å². The van der Waals surface area contributed by atoms with Gasteiger partial charge < -0.3 is 30.4 Å². The Hall–Kier alpha value is -3.64. The average molecular weight is 488 g/mol. The molecule has 0 unspecified atom stereocenters. The number of carbonyl (C=O) groups is 2. The van der Waals surface area contributed by atoms with Gasteiger partial charge in [0.2, 0.25) is 0 Å². The fourth-order valence-electron chi connectivity index (χ4n) is 2.15. The fraction of sp³-hybridized carbons (Fsp3) is 0.273. The molecule has 4 N–H and O–H groups in total. The topological polar surface area (TPSA) is 120 Å². The number of nitrogens with two attached hydrogens (primary N) is 1. The number of carboxylic acids is 1. The highest BCUT2D eigenvalue weighted by Crippen LogP contribution is 2.31. The number of ether oxygens (including phenoxy) is 3. The summed E-state index contributed by atoms with van der Waals surface area (Å²) >= 11 is 0. The number of nitrogens with one attached hydrogen (secondary N) is 1. The zero-order valence-electron chi connectivity index (χ0n) is 18.1. The quantitative estimate of drug-likeness (QED) is 0.344. The molecule has 8 nitrogen and oxygen atoms in total. The van der Waals surface area contributed by atoms with Crippen molar-refractivity contribution < 1.29 is 46.5 Å². The minimum absolute atomic E-state index is 0.00333. The molecule has 0 saturated heterocycles. The fourth-order valence-corrected chi connectivity index (χ4v) is 2.15. The molecule has 186 valence electrons. The molecule has 2 aromatic carbocycles. The van der Waals surface area contributed by atoms with Crippen LogP contribution in [0.5, 0.6) is 11.5 Å². The number of benzene rings is 2.